The summed E-state index contributed by atoms with van der Waals surface area (Å²) in [6, 6.07) is 0.551. The Morgan fingerprint density at radius 1 is 1.65 bits per heavy atom. The molecule has 2 N–H and O–H groups in total. The van der Waals surface area contributed by atoms with Crippen molar-refractivity contribution in [3.05, 3.63) is 12.2 Å². The van der Waals surface area contributed by atoms with E-state index in [-0.39, 0.29) is 6.61 Å². The Kier molecular flexibility index (Phi) is 4.47. The monoisotopic (exact) mass is 239 g/mol. The van der Waals surface area contributed by atoms with Crippen molar-refractivity contribution in [1.29, 1.82) is 0 Å². The molecule has 0 radical (unpaired) electrons. The minimum atomic E-state index is 0.185. The van der Waals surface area contributed by atoms with Crippen LogP contribution in [0.25, 0.3) is 0 Å². The number of aryl methyl sites for hydroxylation is 1. The van der Waals surface area contributed by atoms with E-state index in [0.29, 0.717) is 12.6 Å². The van der Waals surface area contributed by atoms with Gasteiger partial charge in [0.05, 0.1) is 13.2 Å². The molecule has 6 nitrogen and oxygen atoms in total. The number of rotatable bonds is 6. The van der Waals surface area contributed by atoms with E-state index in [4.69, 9.17) is 5.11 Å². The van der Waals surface area contributed by atoms with Gasteiger partial charge in [-0.2, -0.15) is 5.10 Å². The largest absolute Gasteiger partial charge is 0.395 e. The molecular formula is C11H21N5O. The first-order valence-corrected chi connectivity index (χ1v) is 6.19. The average molecular weight is 239 g/mol. The molecule has 0 bridgehead atoms. The van der Waals surface area contributed by atoms with Crippen molar-refractivity contribution in [3.63, 3.8) is 0 Å². The second-order valence-electron chi connectivity index (χ2n) is 4.55. The van der Waals surface area contributed by atoms with E-state index in [2.05, 4.69) is 20.3 Å². The molecule has 1 fully saturated rings. The predicted octanol–water partition coefficient (Wildman–Crippen LogP) is -0.639. The number of aliphatic hydroxyl groups is 1. The van der Waals surface area contributed by atoms with Gasteiger partial charge in [-0.25, -0.2) is 4.98 Å². The molecule has 1 aromatic heterocycles. The normalized spacial score (nSPS) is 20.3. The summed E-state index contributed by atoms with van der Waals surface area (Å²) in [6.07, 6.45) is 4.04. The number of aliphatic hydroxyl groups excluding tert-OH is 1. The maximum atomic E-state index is 9.10. The van der Waals surface area contributed by atoms with Crippen LogP contribution in [0.5, 0.6) is 0 Å². The molecule has 0 aromatic carbocycles. The molecule has 0 aliphatic carbocycles. The molecule has 2 rings (SSSR count). The quantitative estimate of drug-likeness (QED) is 0.691. The van der Waals surface area contributed by atoms with E-state index in [1.165, 1.54) is 12.8 Å². The highest BCUT2D eigenvalue weighted by Crippen LogP contribution is 2.08. The van der Waals surface area contributed by atoms with Crippen LogP contribution in [0, 0.1) is 0 Å². The summed E-state index contributed by atoms with van der Waals surface area (Å²) in [5.41, 5.74) is 0. The van der Waals surface area contributed by atoms with Gasteiger partial charge in [-0.15, -0.1) is 0 Å². The minimum Gasteiger partial charge on any atom is -0.395 e. The van der Waals surface area contributed by atoms with Crippen LogP contribution in [-0.4, -0.2) is 57.1 Å². The van der Waals surface area contributed by atoms with Crippen molar-refractivity contribution >= 4 is 0 Å². The number of nitrogens with one attached hydrogen (secondary N) is 1. The fourth-order valence-corrected chi connectivity index (χ4v) is 2.26. The van der Waals surface area contributed by atoms with Crippen LogP contribution in [-0.2, 0) is 13.6 Å². The van der Waals surface area contributed by atoms with Crippen LogP contribution in [0.3, 0.4) is 0 Å². The third kappa shape index (κ3) is 3.49. The summed E-state index contributed by atoms with van der Waals surface area (Å²) in [4.78, 5) is 6.45. The maximum absolute atomic E-state index is 9.10. The lowest BCUT2D eigenvalue weighted by Gasteiger charge is -2.24. The van der Waals surface area contributed by atoms with E-state index >= 15 is 0 Å². The Morgan fingerprint density at radius 2 is 2.53 bits per heavy atom. The van der Waals surface area contributed by atoms with Gasteiger partial charge in [0.25, 0.3) is 0 Å². The average Bonchev–Trinajstić information content (AvgIpc) is 2.92. The van der Waals surface area contributed by atoms with E-state index < -0.39 is 0 Å². The summed E-state index contributed by atoms with van der Waals surface area (Å²) in [5, 5.41) is 16.6. The van der Waals surface area contributed by atoms with E-state index in [1.54, 1.807) is 11.0 Å². The molecule has 0 saturated carbocycles. The molecular weight excluding hydrogens is 218 g/mol. The van der Waals surface area contributed by atoms with Crippen molar-refractivity contribution in [3.8, 4) is 0 Å². The van der Waals surface area contributed by atoms with Crippen molar-refractivity contribution in [2.45, 2.75) is 25.4 Å². The highest BCUT2D eigenvalue weighted by molar-refractivity contribution is 4.86. The highest BCUT2D eigenvalue weighted by Gasteiger charge is 2.18. The lowest BCUT2D eigenvalue weighted by atomic mass is 10.2. The molecule has 0 spiro atoms. The van der Waals surface area contributed by atoms with E-state index in [0.717, 1.165) is 25.5 Å². The number of aromatic nitrogens is 3. The summed E-state index contributed by atoms with van der Waals surface area (Å²) in [7, 11) is 1.90. The van der Waals surface area contributed by atoms with Crippen LogP contribution < -0.4 is 5.32 Å². The third-order valence-electron chi connectivity index (χ3n) is 3.23. The zero-order chi connectivity index (χ0) is 12.1. The van der Waals surface area contributed by atoms with Gasteiger partial charge in [-0.05, 0) is 19.4 Å². The lowest BCUT2D eigenvalue weighted by molar-refractivity contribution is 0.174. The van der Waals surface area contributed by atoms with Crippen LogP contribution in [0.1, 0.15) is 18.7 Å². The summed E-state index contributed by atoms with van der Waals surface area (Å²) < 4.78 is 1.78. The second kappa shape index (κ2) is 6.09. The predicted molar refractivity (Wildman–Crippen MR) is 64.4 cm³/mol. The Labute approximate surface area is 102 Å². The standard InChI is InChI=1S/C11H21N5O/c1-15-11(13-9-14-15)8-16(5-6-17)7-10-3-2-4-12-10/h9-10,12,17H,2-8H2,1H3. The molecule has 1 saturated heterocycles. The first kappa shape index (κ1) is 12.5. The SMILES string of the molecule is Cn1ncnc1CN(CCO)CC1CCCN1. The lowest BCUT2D eigenvalue weighted by Crippen LogP contribution is -2.39. The Bertz CT molecular complexity index is 334. The Balaban J connectivity index is 1.89. The van der Waals surface area contributed by atoms with Crippen molar-refractivity contribution in [1.82, 2.24) is 25.0 Å². The fourth-order valence-electron chi connectivity index (χ4n) is 2.26. The molecule has 1 unspecified atom stereocenters. The van der Waals surface area contributed by atoms with Gasteiger partial charge >= 0.3 is 0 Å². The summed E-state index contributed by atoms with van der Waals surface area (Å²) in [5.74, 6) is 0.941. The van der Waals surface area contributed by atoms with Crippen LogP contribution >= 0.6 is 0 Å². The topological polar surface area (TPSA) is 66.2 Å². The molecule has 1 aromatic rings. The third-order valence-corrected chi connectivity index (χ3v) is 3.23. The fraction of sp³-hybridized carbons (Fsp3) is 0.818. The van der Waals surface area contributed by atoms with Gasteiger partial charge in [0.2, 0.25) is 0 Å². The molecule has 1 atom stereocenters. The maximum Gasteiger partial charge on any atom is 0.140 e. The zero-order valence-corrected chi connectivity index (χ0v) is 10.3. The van der Waals surface area contributed by atoms with Gasteiger partial charge in [-0.3, -0.25) is 9.58 Å². The van der Waals surface area contributed by atoms with Crippen LogP contribution in [0.15, 0.2) is 6.33 Å². The van der Waals surface area contributed by atoms with Gasteiger partial charge in [-0.1, -0.05) is 0 Å². The summed E-state index contributed by atoms with van der Waals surface area (Å²) in [6.45, 7) is 3.69. The molecule has 0 amide bonds. The highest BCUT2D eigenvalue weighted by atomic mass is 16.3. The van der Waals surface area contributed by atoms with Crippen LogP contribution in [0.2, 0.25) is 0 Å². The van der Waals surface area contributed by atoms with Gasteiger partial charge in [0, 0.05) is 26.2 Å². The molecule has 6 heteroatoms. The van der Waals surface area contributed by atoms with Gasteiger partial charge in [0.1, 0.15) is 12.2 Å². The summed E-state index contributed by atoms with van der Waals surface area (Å²) >= 11 is 0. The van der Waals surface area contributed by atoms with Crippen molar-refractivity contribution < 1.29 is 5.11 Å². The zero-order valence-electron chi connectivity index (χ0n) is 10.3. The first-order chi connectivity index (χ1) is 8.29. The smallest absolute Gasteiger partial charge is 0.140 e. The Hall–Kier alpha value is -0.980. The van der Waals surface area contributed by atoms with E-state index in [1.807, 2.05) is 7.05 Å². The van der Waals surface area contributed by atoms with E-state index in [9.17, 15) is 0 Å². The minimum absolute atomic E-state index is 0.185. The Morgan fingerprint density at radius 3 is 3.12 bits per heavy atom. The second-order valence-corrected chi connectivity index (χ2v) is 4.55. The number of hydrogen-bond acceptors (Lipinski definition) is 5. The molecule has 96 valence electrons. The number of hydrogen-bond donors (Lipinski definition) is 2. The molecule has 2 heterocycles. The van der Waals surface area contributed by atoms with Gasteiger partial charge in [0.15, 0.2) is 0 Å². The molecule has 17 heavy (non-hydrogen) atoms. The van der Waals surface area contributed by atoms with Gasteiger partial charge < -0.3 is 10.4 Å². The van der Waals surface area contributed by atoms with Crippen molar-refractivity contribution in [2.75, 3.05) is 26.2 Å². The molecule has 1 aliphatic heterocycles. The number of nitrogens with zero attached hydrogens (tertiary/aromatic N) is 4. The van der Waals surface area contributed by atoms with Crippen LogP contribution in [0.4, 0.5) is 0 Å². The molecule has 1 aliphatic rings. The van der Waals surface area contributed by atoms with Crippen molar-refractivity contribution in [2.24, 2.45) is 7.05 Å². The first-order valence-electron chi connectivity index (χ1n) is 6.19.